The van der Waals surface area contributed by atoms with Gasteiger partial charge in [-0.15, -0.1) is 0 Å². The lowest BCUT2D eigenvalue weighted by Crippen LogP contribution is -2.67. The summed E-state index contributed by atoms with van der Waals surface area (Å²) in [7, 11) is 0. The molecule has 1 aromatic rings. The first-order chi connectivity index (χ1) is 19.9. The number of hydrogen-bond acceptors (Lipinski definition) is 5. The second-order valence-electron chi connectivity index (χ2n) is 17.1. The van der Waals surface area contributed by atoms with E-state index in [2.05, 4.69) is 54.5 Å². The SMILES string of the molecule is CC1(C)CC[C@]2(C(=O)O)CC=C3[C@]4(C)CC[C@H]5C(C)(C)[C@H](OC(=O)c6ccc(O)cc6)C[C@@H](O)[C@]5(C)C4CC[C@@]3(C)[C@@H]2C1. The number of allylic oxidation sites excluding steroid dienone is 2. The van der Waals surface area contributed by atoms with E-state index in [1.54, 1.807) is 12.1 Å². The number of phenols is 1. The zero-order chi connectivity index (χ0) is 31.4. The molecule has 3 N–H and O–H groups in total. The van der Waals surface area contributed by atoms with E-state index in [0.29, 0.717) is 18.4 Å². The van der Waals surface area contributed by atoms with Crippen LogP contribution in [0.25, 0.3) is 0 Å². The van der Waals surface area contributed by atoms with Gasteiger partial charge in [0.25, 0.3) is 0 Å². The van der Waals surface area contributed by atoms with Gasteiger partial charge in [-0.25, -0.2) is 4.79 Å². The number of carbonyl (C=O) groups is 2. The number of aliphatic hydroxyl groups is 1. The molecule has 6 heteroatoms. The van der Waals surface area contributed by atoms with E-state index >= 15 is 0 Å². The maximum atomic E-state index is 13.1. The van der Waals surface area contributed by atoms with Crippen LogP contribution in [0.15, 0.2) is 35.9 Å². The molecule has 9 atom stereocenters. The standard InChI is InChI=1S/C37H52O6/c1-32(2)18-19-37(31(41)42)17-14-25-34(5)15-12-24-33(3,4)29(43-30(40)22-8-10-23(38)11-9-22)20-28(39)36(24,7)26(34)13-16-35(25,6)27(37)21-32/h8-11,14,24,26-29,38-39H,12-13,15-21H2,1-7H3,(H,41,42)/t24-,26?,27-,28+,29+,34-,35+,36-,37+/m0/s1. The first kappa shape index (κ1) is 30.7. The van der Waals surface area contributed by atoms with Crippen LogP contribution in [0.2, 0.25) is 0 Å². The number of carbonyl (C=O) groups excluding carboxylic acids is 1. The Bertz CT molecular complexity index is 1340. The lowest BCUT2D eigenvalue weighted by molar-refractivity contribution is -0.230. The minimum Gasteiger partial charge on any atom is -0.508 e. The van der Waals surface area contributed by atoms with Gasteiger partial charge in [0.05, 0.1) is 17.1 Å². The molecule has 236 valence electrons. The van der Waals surface area contributed by atoms with Gasteiger partial charge >= 0.3 is 11.9 Å². The summed E-state index contributed by atoms with van der Waals surface area (Å²) in [5.74, 6) is -0.406. The van der Waals surface area contributed by atoms with Crippen molar-refractivity contribution in [3.8, 4) is 5.75 Å². The minimum atomic E-state index is -0.682. The molecule has 4 fully saturated rings. The van der Waals surface area contributed by atoms with Crippen molar-refractivity contribution in [2.45, 2.75) is 118 Å². The molecule has 0 heterocycles. The number of carboxylic acid groups (broad SMARTS) is 1. The number of ether oxygens (including phenoxy) is 1. The number of aliphatic hydroxyl groups excluding tert-OH is 1. The Morgan fingerprint density at radius 3 is 2.07 bits per heavy atom. The average molecular weight is 593 g/mol. The molecule has 0 aliphatic heterocycles. The van der Waals surface area contributed by atoms with Gasteiger partial charge in [0.1, 0.15) is 11.9 Å². The Kier molecular flexibility index (Phi) is 6.83. The van der Waals surface area contributed by atoms with Crippen molar-refractivity contribution in [2.75, 3.05) is 0 Å². The van der Waals surface area contributed by atoms with Crippen LogP contribution in [0.5, 0.6) is 5.75 Å². The summed E-state index contributed by atoms with van der Waals surface area (Å²) in [5, 5.41) is 32.3. The fourth-order valence-electron chi connectivity index (χ4n) is 11.8. The smallest absolute Gasteiger partial charge is 0.338 e. The van der Waals surface area contributed by atoms with Crippen LogP contribution < -0.4 is 0 Å². The van der Waals surface area contributed by atoms with Crippen molar-refractivity contribution in [3.05, 3.63) is 41.5 Å². The van der Waals surface area contributed by atoms with E-state index in [1.165, 1.54) is 17.7 Å². The number of aromatic hydroxyl groups is 1. The van der Waals surface area contributed by atoms with Gasteiger partial charge < -0.3 is 20.1 Å². The second-order valence-corrected chi connectivity index (χ2v) is 17.1. The molecule has 6 rings (SSSR count). The maximum Gasteiger partial charge on any atom is 0.338 e. The predicted molar refractivity (Wildman–Crippen MR) is 165 cm³/mol. The van der Waals surface area contributed by atoms with Crippen molar-refractivity contribution in [1.82, 2.24) is 0 Å². The highest BCUT2D eigenvalue weighted by molar-refractivity contribution is 5.89. The fraction of sp³-hybridized carbons (Fsp3) is 0.730. The second kappa shape index (κ2) is 9.58. The number of fused-ring (bicyclic) bond motifs is 7. The first-order valence-corrected chi connectivity index (χ1v) is 16.5. The van der Waals surface area contributed by atoms with Crippen molar-refractivity contribution in [2.24, 2.45) is 50.2 Å². The normalized spacial score (nSPS) is 44.5. The van der Waals surface area contributed by atoms with Gasteiger partial charge in [-0.1, -0.05) is 60.1 Å². The third-order valence-corrected chi connectivity index (χ3v) is 14.2. The van der Waals surface area contributed by atoms with Gasteiger partial charge in [0.2, 0.25) is 0 Å². The zero-order valence-corrected chi connectivity index (χ0v) is 27.2. The van der Waals surface area contributed by atoms with Crippen LogP contribution >= 0.6 is 0 Å². The van der Waals surface area contributed by atoms with Crippen LogP contribution in [-0.4, -0.2) is 39.5 Å². The Balaban J connectivity index is 1.33. The molecule has 1 unspecified atom stereocenters. The monoisotopic (exact) mass is 592 g/mol. The van der Waals surface area contributed by atoms with E-state index in [4.69, 9.17) is 4.74 Å². The highest BCUT2D eigenvalue weighted by atomic mass is 16.5. The molecule has 0 amide bonds. The van der Waals surface area contributed by atoms with Gasteiger partial charge in [-0.05, 0) is 110 Å². The Morgan fingerprint density at radius 2 is 1.44 bits per heavy atom. The van der Waals surface area contributed by atoms with Crippen LogP contribution in [0.4, 0.5) is 0 Å². The number of carboxylic acids is 1. The van der Waals surface area contributed by atoms with Crippen molar-refractivity contribution in [3.63, 3.8) is 0 Å². The minimum absolute atomic E-state index is 0.100. The van der Waals surface area contributed by atoms with Gasteiger partial charge in [0, 0.05) is 17.3 Å². The molecule has 5 aliphatic rings. The number of phenolic OH excluding ortho intramolecular Hbond substituents is 1. The Labute approximate surface area is 257 Å². The highest BCUT2D eigenvalue weighted by Crippen LogP contribution is 2.75. The lowest BCUT2D eigenvalue weighted by Gasteiger charge is -2.70. The fourth-order valence-corrected chi connectivity index (χ4v) is 11.8. The number of benzene rings is 1. The van der Waals surface area contributed by atoms with Crippen molar-refractivity contribution < 1.29 is 29.6 Å². The molecule has 4 saturated carbocycles. The van der Waals surface area contributed by atoms with E-state index in [-0.39, 0.29) is 50.6 Å². The molecule has 0 saturated heterocycles. The molecule has 6 nitrogen and oxygen atoms in total. The molecular formula is C37H52O6. The maximum absolute atomic E-state index is 13.1. The third kappa shape index (κ3) is 4.20. The molecule has 43 heavy (non-hydrogen) atoms. The summed E-state index contributed by atoms with van der Waals surface area (Å²) in [6, 6.07) is 6.12. The molecule has 1 aromatic carbocycles. The summed E-state index contributed by atoms with van der Waals surface area (Å²) in [4.78, 5) is 26.1. The Morgan fingerprint density at radius 1 is 0.837 bits per heavy atom. The van der Waals surface area contributed by atoms with E-state index in [1.807, 2.05) is 0 Å². The van der Waals surface area contributed by atoms with Gasteiger partial charge in [-0.2, -0.15) is 0 Å². The number of rotatable bonds is 3. The number of hydrogen-bond donors (Lipinski definition) is 3. The molecule has 0 aromatic heterocycles. The van der Waals surface area contributed by atoms with Crippen LogP contribution in [0.1, 0.15) is 117 Å². The zero-order valence-electron chi connectivity index (χ0n) is 27.2. The predicted octanol–water partition coefficient (Wildman–Crippen LogP) is 7.77. The molecule has 0 radical (unpaired) electrons. The summed E-state index contributed by atoms with van der Waals surface area (Å²) in [6.07, 6.45) is 8.79. The van der Waals surface area contributed by atoms with Crippen LogP contribution in [0, 0.1) is 50.2 Å². The van der Waals surface area contributed by atoms with Crippen LogP contribution in [-0.2, 0) is 9.53 Å². The van der Waals surface area contributed by atoms with E-state index in [9.17, 15) is 24.9 Å². The quantitative estimate of drug-likeness (QED) is 0.245. The number of esters is 1. The summed E-state index contributed by atoms with van der Waals surface area (Å²) in [5.41, 5.74) is 0.333. The molecule has 0 bridgehead atoms. The summed E-state index contributed by atoms with van der Waals surface area (Å²) >= 11 is 0. The van der Waals surface area contributed by atoms with Crippen molar-refractivity contribution >= 4 is 11.9 Å². The van der Waals surface area contributed by atoms with Crippen LogP contribution in [0.3, 0.4) is 0 Å². The molecule has 5 aliphatic carbocycles. The van der Waals surface area contributed by atoms with Crippen molar-refractivity contribution in [1.29, 1.82) is 0 Å². The molecular weight excluding hydrogens is 540 g/mol. The van der Waals surface area contributed by atoms with Gasteiger partial charge in [0.15, 0.2) is 0 Å². The average Bonchev–Trinajstić information content (AvgIpc) is 2.91. The largest absolute Gasteiger partial charge is 0.508 e. The summed E-state index contributed by atoms with van der Waals surface area (Å²) in [6.45, 7) is 16.1. The first-order valence-electron chi connectivity index (χ1n) is 16.5. The lowest BCUT2D eigenvalue weighted by atomic mass is 9.34. The molecule has 0 spiro atoms. The van der Waals surface area contributed by atoms with E-state index < -0.39 is 29.6 Å². The van der Waals surface area contributed by atoms with E-state index in [0.717, 1.165) is 44.9 Å². The number of aliphatic carboxylic acids is 1. The third-order valence-electron chi connectivity index (χ3n) is 14.2. The summed E-state index contributed by atoms with van der Waals surface area (Å²) < 4.78 is 6.12. The Hall–Kier alpha value is -2.34. The highest BCUT2D eigenvalue weighted by Gasteiger charge is 2.70. The van der Waals surface area contributed by atoms with Gasteiger partial charge in [-0.3, -0.25) is 4.79 Å². The topological polar surface area (TPSA) is 104 Å².